The van der Waals surface area contributed by atoms with Crippen LogP contribution in [0.2, 0.25) is 0 Å². The van der Waals surface area contributed by atoms with E-state index in [0.717, 1.165) is 38.5 Å². The number of allylic oxidation sites excluding steroid dienone is 5. The Kier molecular flexibility index (Phi) is 3.64. The molecule has 23 heavy (non-hydrogen) atoms. The van der Waals surface area contributed by atoms with Gasteiger partial charge in [-0.25, -0.2) is 0 Å². The van der Waals surface area contributed by atoms with Crippen LogP contribution in [0.15, 0.2) is 34.9 Å². The van der Waals surface area contributed by atoms with Gasteiger partial charge in [0, 0.05) is 11.8 Å². The van der Waals surface area contributed by atoms with Crippen LogP contribution in [-0.2, 0) is 4.79 Å². The van der Waals surface area contributed by atoms with Crippen molar-refractivity contribution in [2.45, 2.75) is 64.9 Å². The zero-order valence-corrected chi connectivity index (χ0v) is 14.3. The first-order valence-corrected chi connectivity index (χ1v) is 9.44. The predicted molar refractivity (Wildman–Crippen MR) is 91.8 cm³/mol. The van der Waals surface area contributed by atoms with Crippen molar-refractivity contribution in [2.24, 2.45) is 23.2 Å². The molecule has 1 N–H and O–H groups in total. The molecule has 0 spiro atoms. The Labute approximate surface area is 139 Å². The summed E-state index contributed by atoms with van der Waals surface area (Å²) in [4.78, 5) is 11.7. The van der Waals surface area contributed by atoms with E-state index >= 15 is 0 Å². The highest BCUT2D eigenvalue weighted by Gasteiger charge is 2.56. The Morgan fingerprint density at radius 1 is 1.26 bits per heavy atom. The van der Waals surface area contributed by atoms with E-state index in [-0.39, 0.29) is 11.5 Å². The van der Waals surface area contributed by atoms with Crippen LogP contribution >= 0.6 is 0 Å². The summed E-state index contributed by atoms with van der Waals surface area (Å²) in [5.74, 6) is 1.91. The normalized spacial score (nSPS) is 42.2. The highest BCUT2D eigenvalue weighted by Crippen LogP contribution is 2.60. The number of carbonyl (C=O) groups excluding carboxylic acids is 1. The summed E-state index contributed by atoms with van der Waals surface area (Å²) in [5.41, 5.74) is 4.23. The van der Waals surface area contributed by atoms with E-state index in [1.165, 1.54) is 16.7 Å². The van der Waals surface area contributed by atoms with Gasteiger partial charge in [0.25, 0.3) is 0 Å². The van der Waals surface area contributed by atoms with Gasteiger partial charge in [0.1, 0.15) is 0 Å². The van der Waals surface area contributed by atoms with Crippen LogP contribution in [0.25, 0.3) is 0 Å². The smallest absolute Gasteiger partial charge is 0.156 e. The highest BCUT2D eigenvalue weighted by atomic mass is 16.3. The van der Waals surface area contributed by atoms with Crippen LogP contribution in [0, 0.1) is 23.2 Å². The number of carbonyl (C=O) groups is 1. The number of aliphatic hydroxyl groups excluding tert-OH is 1. The Morgan fingerprint density at radius 2 is 2.09 bits per heavy atom. The molecule has 124 valence electrons. The predicted octanol–water partition coefficient (Wildman–Crippen LogP) is 4.36. The van der Waals surface area contributed by atoms with Crippen LogP contribution in [0.5, 0.6) is 0 Å². The van der Waals surface area contributed by atoms with Crippen LogP contribution in [0.4, 0.5) is 0 Å². The van der Waals surface area contributed by atoms with E-state index in [9.17, 15) is 9.90 Å². The molecule has 1 saturated carbocycles. The molecular weight excluding hydrogens is 284 g/mol. The van der Waals surface area contributed by atoms with E-state index in [4.69, 9.17) is 0 Å². The van der Waals surface area contributed by atoms with E-state index < -0.39 is 0 Å². The molecule has 2 nitrogen and oxygen atoms in total. The third-order valence-electron chi connectivity index (χ3n) is 7.26. The topological polar surface area (TPSA) is 37.3 Å². The van der Waals surface area contributed by atoms with Crippen molar-refractivity contribution in [1.29, 1.82) is 0 Å². The van der Waals surface area contributed by atoms with Crippen molar-refractivity contribution in [2.75, 3.05) is 0 Å². The van der Waals surface area contributed by atoms with Crippen molar-refractivity contribution < 1.29 is 9.90 Å². The summed E-state index contributed by atoms with van der Waals surface area (Å²) in [6.45, 7) is 4.45. The second-order valence-electron chi connectivity index (χ2n) is 7.97. The molecule has 4 rings (SSSR count). The molecule has 0 aromatic rings. The monoisotopic (exact) mass is 312 g/mol. The maximum atomic E-state index is 11.7. The standard InChI is InChI=1S/C21H28O2/c1-3-13-12-19-18-7-5-14-11-15(22)6-8-16(14)17(18)9-10-21(19,4-2)20(13)23/h9-11,13,18-20,23H,3-8,12H2,1-2H3/t13-,18-,19+,20+,21+/m1/s1. The fourth-order valence-corrected chi connectivity index (χ4v) is 5.97. The zero-order chi connectivity index (χ0) is 16.2. The Bertz CT molecular complexity index is 624. The van der Waals surface area contributed by atoms with Crippen LogP contribution in [0.1, 0.15) is 58.8 Å². The molecule has 0 unspecified atom stereocenters. The number of ketones is 1. The summed E-state index contributed by atoms with van der Waals surface area (Å²) in [6.07, 6.45) is 13.4. The van der Waals surface area contributed by atoms with Crippen LogP contribution < -0.4 is 0 Å². The van der Waals surface area contributed by atoms with E-state index in [2.05, 4.69) is 26.0 Å². The molecule has 0 heterocycles. The Hall–Kier alpha value is -1.15. The lowest BCUT2D eigenvalue weighted by Crippen LogP contribution is -2.41. The SMILES string of the molecule is CC[C@@H]1C[C@H]2[C@@H]3CCC4=CC(=O)CCC4=C3C=C[C@]2(CC)[C@H]1O. The number of fused-ring (bicyclic) bond motifs is 4. The average Bonchev–Trinajstić information content (AvgIpc) is 2.87. The fourth-order valence-electron chi connectivity index (χ4n) is 5.97. The Balaban J connectivity index is 1.80. The molecule has 0 amide bonds. The minimum Gasteiger partial charge on any atom is -0.392 e. The molecule has 0 radical (unpaired) electrons. The lowest BCUT2D eigenvalue weighted by atomic mass is 9.59. The lowest BCUT2D eigenvalue weighted by Gasteiger charge is -2.46. The van der Waals surface area contributed by atoms with Gasteiger partial charge in [-0.3, -0.25) is 4.79 Å². The molecule has 0 bridgehead atoms. The molecule has 0 saturated heterocycles. The first-order chi connectivity index (χ1) is 11.1. The molecule has 0 aromatic carbocycles. The third kappa shape index (κ3) is 2.07. The van der Waals surface area contributed by atoms with Gasteiger partial charge in [0.2, 0.25) is 0 Å². The summed E-state index contributed by atoms with van der Waals surface area (Å²) in [7, 11) is 0. The molecule has 5 atom stereocenters. The molecule has 2 heteroatoms. The summed E-state index contributed by atoms with van der Waals surface area (Å²) in [5, 5.41) is 11.0. The molecule has 1 fully saturated rings. The van der Waals surface area contributed by atoms with Crippen molar-refractivity contribution >= 4 is 5.78 Å². The lowest BCUT2D eigenvalue weighted by molar-refractivity contribution is -0.114. The van der Waals surface area contributed by atoms with Crippen molar-refractivity contribution in [3.05, 3.63) is 34.9 Å². The van der Waals surface area contributed by atoms with E-state index in [1.54, 1.807) is 0 Å². The van der Waals surface area contributed by atoms with Crippen LogP contribution in [0.3, 0.4) is 0 Å². The van der Waals surface area contributed by atoms with Crippen LogP contribution in [-0.4, -0.2) is 17.0 Å². The van der Waals surface area contributed by atoms with E-state index in [1.807, 2.05) is 6.08 Å². The van der Waals surface area contributed by atoms with Gasteiger partial charge in [-0.2, -0.15) is 0 Å². The largest absolute Gasteiger partial charge is 0.392 e. The minimum atomic E-state index is -0.185. The maximum absolute atomic E-state index is 11.7. The van der Waals surface area contributed by atoms with Gasteiger partial charge in [-0.15, -0.1) is 0 Å². The van der Waals surface area contributed by atoms with Gasteiger partial charge in [0.05, 0.1) is 6.10 Å². The summed E-state index contributed by atoms with van der Waals surface area (Å²) in [6, 6.07) is 0. The first-order valence-electron chi connectivity index (χ1n) is 9.44. The van der Waals surface area contributed by atoms with E-state index in [0.29, 0.717) is 30.0 Å². The average molecular weight is 312 g/mol. The number of hydrogen-bond donors (Lipinski definition) is 1. The summed E-state index contributed by atoms with van der Waals surface area (Å²) >= 11 is 0. The first kappa shape index (κ1) is 15.4. The van der Waals surface area contributed by atoms with Gasteiger partial charge in [-0.1, -0.05) is 32.4 Å². The van der Waals surface area contributed by atoms with Gasteiger partial charge < -0.3 is 5.11 Å². The molecule has 4 aliphatic rings. The van der Waals surface area contributed by atoms with Gasteiger partial charge in [-0.05, 0) is 72.7 Å². The van der Waals surface area contributed by atoms with Gasteiger partial charge >= 0.3 is 0 Å². The maximum Gasteiger partial charge on any atom is 0.156 e. The molecule has 0 aromatic heterocycles. The Morgan fingerprint density at radius 3 is 2.83 bits per heavy atom. The van der Waals surface area contributed by atoms with Crippen molar-refractivity contribution in [3.8, 4) is 0 Å². The fraction of sp³-hybridized carbons (Fsp3) is 0.667. The highest BCUT2D eigenvalue weighted by molar-refractivity contribution is 5.93. The summed E-state index contributed by atoms with van der Waals surface area (Å²) < 4.78 is 0. The van der Waals surface area contributed by atoms with Crippen molar-refractivity contribution in [3.63, 3.8) is 0 Å². The molecule has 4 aliphatic carbocycles. The minimum absolute atomic E-state index is 0.0128. The number of aliphatic hydroxyl groups is 1. The quantitative estimate of drug-likeness (QED) is 0.823. The zero-order valence-electron chi connectivity index (χ0n) is 14.3. The second kappa shape index (κ2) is 5.44. The number of rotatable bonds is 2. The second-order valence-corrected chi connectivity index (χ2v) is 7.97. The number of hydrogen-bond acceptors (Lipinski definition) is 2. The van der Waals surface area contributed by atoms with Crippen molar-refractivity contribution in [1.82, 2.24) is 0 Å². The van der Waals surface area contributed by atoms with Gasteiger partial charge in [0.15, 0.2) is 5.78 Å². The molecule has 0 aliphatic heterocycles. The molecular formula is C21H28O2. The third-order valence-corrected chi connectivity index (χ3v) is 7.26.